The predicted molar refractivity (Wildman–Crippen MR) is 120 cm³/mol. The van der Waals surface area contributed by atoms with E-state index in [4.69, 9.17) is 0 Å². The molecule has 0 heteroatoms. The molecule has 0 aliphatic carbocycles. The van der Waals surface area contributed by atoms with Crippen LogP contribution in [0.2, 0.25) is 0 Å². The van der Waals surface area contributed by atoms with Gasteiger partial charge >= 0.3 is 0 Å². The highest BCUT2D eigenvalue weighted by Crippen LogP contribution is 2.13. The van der Waals surface area contributed by atoms with Crippen LogP contribution in [0.4, 0.5) is 0 Å². The van der Waals surface area contributed by atoms with Crippen LogP contribution in [0, 0.1) is 0 Å². The van der Waals surface area contributed by atoms with Gasteiger partial charge in [-0.2, -0.15) is 0 Å². The van der Waals surface area contributed by atoms with E-state index in [9.17, 15) is 0 Å². The molecule has 0 aliphatic rings. The molecule has 0 bridgehead atoms. The van der Waals surface area contributed by atoms with Gasteiger partial charge in [-0.05, 0) is 54.9 Å². The number of allylic oxidation sites excluding steroid dienone is 4. The zero-order valence-electron chi connectivity index (χ0n) is 16.8. The molecular formula is C27H32. The van der Waals surface area contributed by atoms with Gasteiger partial charge in [0, 0.05) is 0 Å². The van der Waals surface area contributed by atoms with Gasteiger partial charge in [-0.25, -0.2) is 0 Å². The minimum atomic E-state index is 0.994. The van der Waals surface area contributed by atoms with E-state index in [-0.39, 0.29) is 0 Å². The van der Waals surface area contributed by atoms with Gasteiger partial charge in [0.05, 0.1) is 0 Å². The maximum absolute atomic E-state index is 3.61. The molecule has 2 rings (SSSR count). The lowest BCUT2D eigenvalue weighted by molar-refractivity contribution is 0.729. The average molecular weight is 357 g/mol. The Balaban J connectivity index is 2.11. The van der Waals surface area contributed by atoms with E-state index in [1.807, 2.05) is 0 Å². The molecule has 0 aromatic heterocycles. The fourth-order valence-electron chi connectivity index (χ4n) is 2.94. The topological polar surface area (TPSA) is 0 Å². The van der Waals surface area contributed by atoms with Gasteiger partial charge in [0.15, 0.2) is 0 Å². The van der Waals surface area contributed by atoms with Crippen molar-refractivity contribution in [2.24, 2.45) is 0 Å². The summed E-state index contributed by atoms with van der Waals surface area (Å²) in [7, 11) is 0. The lowest BCUT2D eigenvalue weighted by atomic mass is 10.0. The number of benzene rings is 2. The van der Waals surface area contributed by atoms with Crippen molar-refractivity contribution >= 4 is 6.08 Å². The van der Waals surface area contributed by atoms with Crippen LogP contribution < -0.4 is 0 Å². The normalized spacial score (nSPS) is 11.0. The molecule has 0 radical (unpaired) electrons. The largest absolute Gasteiger partial charge is 0.114 e. The van der Waals surface area contributed by atoms with E-state index >= 15 is 0 Å². The number of aryl methyl sites for hydroxylation is 1. The monoisotopic (exact) mass is 356 g/mol. The van der Waals surface area contributed by atoms with Crippen molar-refractivity contribution in [2.75, 3.05) is 0 Å². The van der Waals surface area contributed by atoms with Crippen molar-refractivity contribution in [3.8, 4) is 0 Å². The van der Waals surface area contributed by atoms with Crippen LogP contribution in [0.25, 0.3) is 6.08 Å². The molecule has 0 atom stereocenters. The van der Waals surface area contributed by atoms with Crippen molar-refractivity contribution < 1.29 is 0 Å². The summed E-state index contributed by atoms with van der Waals surface area (Å²) in [6, 6.07) is 21.2. The van der Waals surface area contributed by atoms with Gasteiger partial charge in [0.2, 0.25) is 0 Å². The maximum Gasteiger partial charge on any atom is -0.00541 e. The lowest BCUT2D eigenvalue weighted by Crippen LogP contribution is -1.87. The highest BCUT2D eigenvalue weighted by molar-refractivity contribution is 5.52. The molecule has 0 N–H and O–H groups in total. The first-order chi connectivity index (χ1) is 13.3. The molecule has 0 heterocycles. The molecule has 140 valence electrons. The molecular weight excluding hydrogens is 324 g/mol. The van der Waals surface area contributed by atoms with Crippen LogP contribution in [0.5, 0.6) is 0 Å². The van der Waals surface area contributed by atoms with Crippen molar-refractivity contribution in [2.45, 2.75) is 52.4 Å². The van der Waals surface area contributed by atoms with E-state index in [1.165, 1.54) is 41.5 Å². The SMILES string of the molecule is CCCCC/C=C/C(C)=C=C(/C=C/c1ccccc1)CCc1ccccc1. The first-order valence-electron chi connectivity index (χ1n) is 10.2. The smallest absolute Gasteiger partial charge is 0.00541 e. The lowest BCUT2D eigenvalue weighted by Gasteiger charge is -2.02. The van der Waals surface area contributed by atoms with Crippen molar-refractivity contribution in [3.63, 3.8) is 0 Å². The number of hydrogen-bond acceptors (Lipinski definition) is 0. The minimum Gasteiger partial charge on any atom is -0.114 e. The van der Waals surface area contributed by atoms with E-state index in [2.05, 4.69) is 105 Å². The predicted octanol–water partition coefficient (Wildman–Crippen LogP) is 7.94. The Morgan fingerprint density at radius 2 is 1.59 bits per heavy atom. The molecule has 2 aromatic carbocycles. The molecule has 0 fully saturated rings. The Bertz CT molecular complexity index is 769. The standard InChI is InChI=1S/C27H32/c1-3-4-5-6-9-14-24(2)23-27(21-19-25-15-10-7-11-16-25)22-20-26-17-12-8-13-18-26/h7-19,21H,3-6,20,22H2,1-2H3/b14-9+,21-19+. The summed E-state index contributed by atoms with van der Waals surface area (Å²) in [4.78, 5) is 0. The molecule has 0 amide bonds. The van der Waals surface area contributed by atoms with Crippen LogP contribution in [0.3, 0.4) is 0 Å². The fraction of sp³-hybridized carbons (Fsp3) is 0.296. The molecule has 0 saturated heterocycles. The van der Waals surface area contributed by atoms with E-state index in [1.54, 1.807) is 0 Å². The van der Waals surface area contributed by atoms with Crippen LogP contribution in [0.15, 0.2) is 95.8 Å². The molecule has 2 aromatic rings. The Kier molecular flexibility index (Phi) is 9.79. The van der Waals surface area contributed by atoms with Gasteiger partial charge in [-0.1, -0.05) is 105 Å². The first kappa shape index (κ1) is 20.7. The summed E-state index contributed by atoms with van der Waals surface area (Å²) < 4.78 is 0. The maximum atomic E-state index is 3.61. The zero-order chi connectivity index (χ0) is 19.2. The van der Waals surface area contributed by atoms with E-state index in [0.717, 1.165) is 19.3 Å². The molecule has 0 aliphatic heterocycles. The third-order valence-corrected chi connectivity index (χ3v) is 4.50. The van der Waals surface area contributed by atoms with Crippen LogP contribution in [-0.2, 0) is 6.42 Å². The minimum absolute atomic E-state index is 0.994. The quantitative estimate of drug-likeness (QED) is 0.230. The third-order valence-electron chi connectivity index (χ3n) is 4.50. The summed E-state index contributed by atoms with van der Waals surface area (Å²) >= 11 is 0. The Labute approximate surface area is 165 Å². The van der Waals surface area contributed by atoms with Gasteiger partial charge < -0.3 is 0 Å². The summed E-state index contributed by atoms with van der Waals surface area (Å²) in [6.07, 6.45) is 16.0. The third kappa shape index (κ3) is 9.08. The second-order valence-electron chi connectivity index (χ2n) is 6.96. The molecule has 0 unspecified atom stereocenters. The van der Waals surface area contributed by atoms with Crippen LogP contribution in [0.1, 0.15) is 57.1 Å². The first-order valence-corrected chi connectivity index (χ1v) is 10.2. The fourth-order valence-corrected chi connectivity index (χ4v) is 2.94. The summed E-state index contributed by atoms with van der Waals surface area (Å²) in [5, 5.41) is 0. The summed E-state index contributed by atoms with van der Waals surface area (Å²) in [5.74, 6) is 0. The second-order valence-corrected chi connectivity index (χ2v) is 6.96. The summed E-state index contributed by atoms with van der Waals surface area (Å²) in [6.45, 7) is 4.39. The van der Waals surface area contributed by atoms with Crippen LogP contribution >= 0.6 is 0 Å². The van der Waals surface area contributed by atoms with Crippen molar-refractivity contribution in [1.82, 2.24) is 0 Å². The molecule has 27 heavy (non-hydrogen) atoms. The number of unbranched alkanes of at least 4 members (excludes halogenated alkanes) is 3. The number of rotatable bonds is 10. The number of hydrogen-bond donors (Lipinski definition) is 0. The van der Waals surface area contributed by atoms with E-state index < -0.39 is 0 Å². The van der Waals surface area contributed by atoms with E-state index in [0.29, 0.717) is 0 Å². The van der Waals surface area contributed by atoms with Crippen molar-refractivity contribution in [1.29, 1.82) is 0 Å². The summed E-state index contributed by atoms with van der Waals surface area (Å²) in [5.41, 5.74) is 8.66. The Hall–Kier alpha value is -2.56. The molecule has 0 saturated carbocycles. The highest BCUT2D eigenvalue weighted by Gasteiger charge is 1.96. The van der Waals surface area contributed by atoms with Crippen LogP contribution in [-0.4, -0.2) is 0 Å². The highest BCUT2D eigenvalue weighted by atomic mass is 14.0. The van der Waals surface area contributed by atoms with Gasteiger partial charge in [-0.3, -0.25) is 0 Å². The zero-order valence-corrected chi connectivity index (χ0v) is 16.8. The average Bonchev–Trinajstić information content (AvgIpc) is 2.71. The van der Waals surface area contributed by atoms with Gasteiger partial charge in [0.25, 0.3) is 0 Å². The van der Waals surface area contributed by atoms with Gasteiger partial charge in [-0.15, -0.1) is 5.73 Å². The van der Waals surface area contributed by atoms with Crippen molar-refractivity contribution in [3.05, 3.63) is 107 Å². The molecule has 0 spiro atoms. The Morgan fingerprint density at radius 3 is 2.30 bits per heavy atom. The second kappa shape index (κ2) is 12.7. The van der Waals surface area contributed by atoms with Gasteiger partial charge in [0.1, 0.15) is 0 Å². The Morgan fingerprint density at radius 1 is 0.889 bits per heavy atom. The molecule has 0 nitrogen and oxygen atoms in total.